The first-order valence-electron chi connectivity index (χ1n) is 2.65. The Morgan fingerprint density at radius 3 is 2.70 bits per heavy atom. The first-order chi connectivity index (χ1) is 4.48. The van der Waals surface area contributed by atoms with Gasteiger partial charge in [0.1, 0.15) is 5.60 Å². The predicted octanol–water partition coefficient (Wildman–Crippen LogP) is -0.362. The van der Waals surface area contributed by atoms with Crippen LogP contribution < -0.4 is 5.32 Å². The second-order valence-corrected chi connectivity index (χ2v) is 2.08. The number of amides is 1. The molecule has 3 N–H and O–H groups in total. The molecule has 10 heavy (non-hydrogen) atoms. The summed E-state index contributed by atoms with van der Waals surface area (Å²) in [5.41, 5.74) is -1.39. The van der Waals surface area contributed by atoms with E-state index in [-0.39, 0.29) is 6.54 Å². The Kier molecular flexibility index (Phi) is 2.71. The topological polar surface area (TPSA) is 69.6 Å². The van der Waals surface area contributed by atoms with Gasteiger partial charge < -0.3 is 15.5 Å². The van der Waals surface area contributed by atoms with Crippen molar-refractivity contribution < 1.29 is 15.0 Å². The van der Waals surface area contributed by atoms with Gasteiger partial charge in [-0.3, -0.25) is 0 Å². The normalized spacial score (nSPS) is 14.9. The first kappa shape index (κ1) is 8.79. The van der Waals surface area contributed by atoms with Crippen LogP contribution in [0.2, 0.25) is 0 Å². The predicted molar refractivity (Wildman–Crippen MR) is 35.5 cm³/mol. The van der Waals surface area contributed by atoms with Crippen LogP contribution in [-0.2, 0) is 0 Å². The van der Waals surface area contributed by atoms with E-state index in [4.69, 9.17) is 16.6 Å². The average Bonchev–Trinajstić information content (AvgIpc) is 1.85. The van der Waals surface area contributed by atoms with Crippen molar-refractivity contribution in [2.24, 2.45) is 0 Å². The number of hydrogen-bond donors (Lipinski definition) is 3. The zero-order valence-corrected chi connectivity index (χ0v) is 5.59. The number of nitrogens with one attached hydrogen (secondary N) is 1. The molecule has 0 aromatic rings. The molecule has 0 aromatic heterocycles. The zero-order chi connectivity index (χ0) is 8.20. The third-order valence-electron chi connectivity index (χ3n) is 0.895. The molecule has 0 saturated carbocycles. The molecule has 0 bridgehead atoms. The second-order valence-electron chi connectivity index (χ2n) is 2.08. The van der Waals surface area contributed by atoms with Crippen LogP contribution in [0.25, 0.3) is 0 Å². The maximum Gasteiger partial charge on any atom is 0.404 e. The molecule has 0 aromatic carbocycles. The largest absolute Gasteiger partial charge is 0.465 e. The zero-order valence-electron chi connectivity index (χ0n) is 5.59. The summed E-state index contributed by atoms with van der Waals surface area (Å²) in [4.78, 5) is 9.87. The summed E-state index contributed by atoms with van der Waals surface area (Å²) in [6, 6.07) is 0. The van der Waals surface area contributed by atoms with Gasteiger partial charge in [-0.25, -0.2) is 4.79 Å². The second kappa shape index (κ2) is 3.08. The van der Waals surface area contributed by atoms with Gasteiger partial charge in [0.25, 0.3) is 0 Å². The minimum Gasteiger partial charge on any atom is -0.465 e. The lowest BCUT2D eigenvalue weighted by atomic mass is 10.1. The number of rotatable bonds is 2. The first-order valence-corrected chi connectivity index (χ1v) is 2.65. The number of carboxylic acid groups (broad SMARTS) is 1. The number of terminal acetylenes is 1. The standard InChI is InChI=1S/C6H9NO3/c1-3-6(2,10)4-7-5(8)9/h1,7,10H,4H2,2H3,(H,8,9). The molecule has 0 saturated heterocycles. The summed E-state index contributed by atoms with van der Waals surface area (Å²) in [6.45, 7) is 1.20. The highest BCUT2D eigenvalue weighted by molar-refractivity contribution is 5.64. The molecule has 1 atom stereocenters. The quantitative estimate of drug-likeness (QED) is 0.462. The summed E-state index contributed by atoms with van der Waals surface area (Å²) in [5.74, 6) is 2.03. The van der Waals surface area contributed by atoms with Crippen LogP contribution in [0.4, 0.5) is 4.79 Å². The van der Waals surface area contributed by atoms with E-state index in [1.807, 2.05) is 11.2 Å². The van der Waals surface area contributed by atoms with Crippen molar-refractivity contribution in [1.82, 2.24) is 5.32 Å². The fraction of sp³-hybridized carbons (Fsp3) is 0.500. The van der Waals surface area contributed by atoms with Gasteiger partial charge in [0, 0.05) is 0 Å². The van der Waals surface area contributed by atoms with Crippen LogP contribution in [0.1, 0.15) is 6.92 Å². The van der Waals surface area contributed by atoms with Gasteiger partial charge >= 0.3 is 6.09 Å². The summed E-state index contributed by atoms with van der Waals surface area (Å²) in [5, 5.41) is 19.1. The van der Waals surface area contributed by atoms with E-state index in [9.17, 15) is 4.79 Å². The van der Waals surface area contributed by atoms with Crippen LogP contribution in [0.15, 0.2) is 0 Å². The Balaban J connectivity index is 3.71. The van der Waals surface area contributed by atoms with E-state index in [2.05, 4.69) is 0 Å². The van der Waals surface area contributed by atoms with E-state index in [0.717, 1.165) is 0 Å². The van der Waals surface area contributed by atoms with Crippen LogP contribution in [0.3, 0.4) is 0 Å². The van der Waals surface area contributed by atoms with Crippen molar-refractivity contribution in [2.75, 3.05) is 6.54 Å². The fourth-order valence-electron chi connectivity index (χ4n) is 0.299. The Labute approximate surface area is 58.9 Å². The summed E-state index contributed by atoms with van der Waals surface area (Å²) < 4.78 is 0. The van der Waals surface area contributed by atoms with Gasteiger partial charge in [0.05, 0.1) is 6.54 Å². The molecule has 0 aliphatic rings. The van der Waals surface area contributed by atoms with Crippen LogP contribution in [0.5, 0.6) is 0 Å². The smallest absolute Gasteiger partial charge is 0.404 e. The van der Waals surface area contributed by atoms with Crippen molar-refractivity contribution >= 4 is 6.09 Å². The van der Waals surface area contributed by atoms with Gasteiger partial charge in [0.2, 0.25) is 0 Å². The SMILES string of the molecule is C#CC(C)(O)CNC(=O)O. The number of carbonyl (C=O) groups is 1. The lowest BCUT2D eigenvalue weighted by molar-refractivity contribution is 0.116. The lowest BCUT2D eigenvalue weighted by Crippen LogP contribution is -2.38. The maximum atomic E-state index is 9.87. The Hall–Kier alpha value is -1.21. The van der Waals surface area contributed by atoms with Gasteiger partial charge in [-0.2, -0.15) is 0 Å². The third kappa shape index (κ3) is 3.75. The summed E-state index contributed by atoms with van der Waals surface area (Å²) in [7, 11) is 0. The number of hydrogen-bond acceptors (Lipinski definition) is 2. The lowest BCUT2D eigenvalue weighted by Gasteiger charge is -2.14. The maximum absolute atomic E-state index is 9.87. The minimum absolute atomic E-state index is 0.154. The van der Waals surface area contributed by atoms with Crippen LogP contribution in [0, 0.1) is 12.3 Å². The van der Waals surface area contributed by atoms with Crippen molar-refractivity contribution in [3.63, 3.8) is 0 Å². The molecule has 0 radical (unpaired) electrons. The van der Waals surface area contributed by atoms with Crippen molar-refractivity contribution in [3.05, 3.63) is 0 Å². The molecule has 0 fully saturated rings. The summed E-state index contributed by atoms with van der Waals surface area (Å²) in [6.07, 6.45) is 3.66. The highest BCUT2D eigenvalue weighted by atomic mass is 16.4. The number of aliphatic hydroxyl groups is 1. The van der Waals surface area contributed by atoms with E-state index in [0.29, 0.717) is 0 Å². The van der Waals surface area contributed by atoms with E-state index in [1.54, 1.807) is 0 Å². The highest BCUT2D eigenvalue weighted by Crippen LogP contribution is 1.96. The minimum atomic E-state index is -1.39. The average molecular weight is 143 g/mol. The molecule has 1 amide bonds. The molecule has 56 valence electrons. The molecule has 0 rings (SSSR count). The van der Waals surface area contributed by atoms with Crippen molar-refractivity contribution in [3.8, 4) is 12.3 Å². The van der Waals surface area contributed by atoms with Crippen LogP contribution in [-0.4, -0.2) is 28.5 Å². The van der Waals surface area contributed by atoms with Crippen LogP contribution >= 0.6 is 0 Å². The highest BCUT2D eigenvalue weighted by Gasteiger charge is 2.16. The molecule has 0 aliphatic carbocycles. The molecule has 4 heteroatoms. The van der Waals surface area contributed by atoms with Gasteiger partial charge in [-0.15, -0.1) is 6.42 Å². The Morgan fingerprint density at radius 2 is 2.40 bits per heavy atom. The van der Waals surface area contributed by atoms with E-state index < -0.39 is 11.7 Å². The van der Waals surface area contributed by atoms with Gasteiger partial charge in [-0.05, 0) is 6.92 Å². The fourth-order valence-corrected chi connectivity index (χ4v) is 0.299. The van der Waals surface area contributed by atoms with Crippen molar-refractivity contribution in [2.45, 2.75) is 12.5 Å². The van der Waals surface area contributed by atoms with Gasteiger partial charge in [-0.1, -0.05) is 5.92 Å². The van der Waals surface area contributed by atoms with E-state index in [1.165, 1.54) is 6.92 Å². The molecule has 1 unspecified atom stereocenters. The monoisotopic (exact) mass is 143 g/mol. The molecule has 4 nitrogen and oxygen atoms in total. The molecular weight excluding hydrogens is 134 g/mol. The van der Waals surface area contributed by atoms with Crippen molar-refractivity contribution in [1.29, 1.82) is 0 Å². The third-order valence-corrected chi connectivity index (χ3v) is 0.895. The Bertz CT molecular complexity index is 168. The molecule has 0 aliphatic heterocycles. The molecule has 0 spiro atoms. The summed E-state index contributed by atoms with van der Waals surface area (Å²) >= 11 is 0. The molecular formula is C6H9NO3. The van der Waals surface area contributed by atoms with E-state index >= 15 is 0 Å². The van der Waals surface area contributed by atoms with Gasteiger partial charge in [0.15, 0.2) is 0 Å². The Morgan fingerprint density at radius 1 is 1.90 bits per heavy atom. The molecule has 0 heterocycles.